The number of hydrogen-bond donors (Lipinski definition) is 0. The lowest BCUT2D eigenvalue weighted by Crippen LogP contribution is -1.95. The molecule has 1 rings (SSSR count). The molecule has 74 valence electrons. The second-order valence-corrected chi connectivity index (χ2v) is 3.19. The second kappa shape index (κ2) is 4.80. The molecule has 0 amide bonds. The molecule has 1 aromatic carbocycles. The molecule has 0 saturated heterocycles. The van der Waals surface area contributed by atoms with Crippen LogP contribution in [0.15, 0.2) is 17.1 Å². The Morgan fingerprint density at radius 1 is 1.57 bits per heavy atom. The third-order valence-corrected chi connectivity index (χ3v) is 2.25. The largest absolute Gasteiger partial charge is 0.495 e. The highest BCUT2D eigenvalue weighted by molar-refractivity contribution is 6.32. The van der Waals surface area contributed by atoms with Crippen molar-refractivity contribution < 1.29 is 9.53 Å². The van der Waals surface area contributed by atoms with Gasteiger partial charge in [-0.15, -0.1) is 0 Å². The van der Waals surface area contributed by atoms with Gasteiger partial charge in [-0.2, -0.15) is 0 Å². The van der Waals surface area contributed by atoms with E-state index in [-0.39, 0.29) is 6.54 Å². The zero-order valence-corrected chi connectivity index (χ0v) is 8.76. The lowest BCUT2D eigenvalue weighted by Gasteiger charge is -2.10. The summed E-state index contributed by atoms with van der Waals surface area (Å²) in [7, 11) is 1.54. The van der Waals surface area contributed by atoms with Gasteiger partial charge in [0, 0.05) is 5.56 Å². The number of isocyanates is 1. The predicted octanol–water partition coefficient (Wildman–Crippen LogP) is 2.49. The van der Waals surface area contributed by atoms with E-state index in [2.05, 4.69) is 4.99 Å². The van der Waals surface area contributed by atoms with Crippen LogP contribution in [0.5, 0.6) is 5.75 Å². The summed E-state index contributed by atoms with van der Waals surface area (Å²) in [5.41, 5.74) is 1.81. The van der Waals surface area contributed by atoms with Crippen LogP contribution in [0.1, 0.15) is 11.1 Å². The number of ether oxygens (including phenoxy) is 1. The van der Waals surface area contributed by atoms with Gasteiger partial charge in [0.1, 0.15) is 5.75 Å². The molecule has 0 aliphatic heterocycles. The van der Waals surface area contributed by atoms with Crippen LogP contribution in [0.25, 0.3) is 0 Å². The number of nitrogens with zero attached hydrogens (tertiary/aromatic N) is 1. The van der Waals surface area contributed by atoms with Crippen molar-refractivity contribution in [1.29, 1.82) is 0 Å². The Balaban J connectivity index is 3.21. The van der Waals surface area contributed by atoms with Crippen LogP contribution < -0.4 is 4.74 Å². The number of hydrogen-bond acceptors (Lipinski definition) is 3. The van der Waals surface area contributed by atoms with Gasteiger partial charge in [0.05, 0.1) is 18.7 Å². The Morgan fingerprint density at radius 2 is 2.29 bits per heavy atom. The number of aryl methyl sites for hydroxylation is 1. The SMILES string of the molecule is COc1c(Cl)ccc(C)c1CN=C=O. The summed E-state index contributed by atoms with van der Waals surface area (Å²) in [6.45, 7) is 2.16. The molecule has 0 bridgehead atoms. The zero-order valence-electron chi connectivity index (χ0n) is 8.00. The van der Waals surface area contributed by atoms with Crippen molar-refractivity contribution in [3.63, 3.8) is 0 Å². The molecule has 4 heteroatoms. The summed E-state index contributed by atoms with van der Waals surface area (Å²) in [6, 6.07) is 3.62. The molecule has 0 fully saturated rings. The Kier molecular flexibility index (Phi) is 3.69. The normalized spacial score (nSPS) is 9.36. The van der Waals surface area contributed by atoms with Crippen LogP contribution in [-0.2, 0) is 11.3 Å². The van der Waals surface area contributed by atoms with Crippen molar-refractivity contribution in [3.8, 4) is 5.75 Å². The number of carbonyl (C=O) groups excluding carboxylic acids is 1. The Morgan fingerprint density at radius 3 is 2.86 bits per heavy atom. The smallest absolute Gasteiger partial charge is 0.235 e. The minimum absolute atomic E-state index is 0.249. The van der Waals surface area contributed by atoms with Crippen LogP contribution in [0.3, 0.4) is 0 Å². The maximum Gasteiger partial charge on any atom is 0.235 e. The Hall–Kier alpha value is -1.31. The van der Waals surface area contributed by atoms with Crippen LogP contribution in [0.4, 0.5) is 0 Å². The van der Waals surface area contributed by atoms with Crippen LogP contribution in [0, 0.1) is 6.92 Å². The van der Waals surface area contributed by atoms with Crippen LogP contribution in [0.2, 0.25) is 5.02 Å². The highest BCUT2D eigenvalue weighted by Gasteiger charge is 2.09. The predicted molar refractivity (Wildman–Crippen MR) is 54.6 cm³/mol. The highest BCUT2D eigenvalue weighted by atomic mass is 35.5. The summed E-state index contributed by atoms with van der Waals surface area (Å²) >= 11 is 5.92. The van der Waals surface area contributed by atoms with Gasteiger partial charge in [-0.3, -0.25) is 0 Å². The van der Waals surface area contributed by atoms with E-state index >= 15 is 0 Å². The second-order valence-electron chi connectivity index (χ2n) is 2.78. The van der Waals surface area contributed by atoms with Crippen molar-refractivity contribution in [2.24, 2.45) is 4.99 Å². The first-order valence-electron chi connectivity index (χ1n) is 4.06. The van der Waals surface area contributed by atoms with Crippen molar-refractivity contribution in [3.05, 3.63) is 28.3 Å². The first kappa shape index (κ1) is 10.8. The molecule has 0 radical (unpaired) electrons. The van der Waals surface area contributed by atoms with Gasteiger partial charge in [-0.25, -0.2) is 9.79 Å². The van der Waals surface area contributed by atoms with Gasteiger partial charge in [-0.1, -0.05) is 17.7 Å². The van der Waals surface area contributed by atoms with Crippen LogP contribution in [-0.4, -0.2) is 13.2 Å². The molecule has 0 spiro atoms. The van der Waals surface area contributed by atoms with E-state index in [0.29, 0.717) is 10.8 Å². The lowest BCUT2D eigenvalue weighted by molar-refractivity contribution is 0.409. The molecule has 0 unspecified atom stereocenters. The van der Waals surface area contributed by atoms with E-state index in [1.807, 2.05) is 13.0 Å². The van der Waals surface area contributed by atoms with Crippen molar-refractivity contribution in [1.82, 2.24) is 0 Å². The van der Waals surface area contributed by atoms with E-state index in [0.717, 1.165) is 11.1 Å². The fourth-order valence-electron chi connectivity index (χ4n) is 1.23. The molecule has 0 aromatic heterocycles. The monoisotopic (exact) mass is 211 g/mol. The van der Waals surface area contributed by atoms with Gasteiger partial charge in [-0.05, 0) is 18.6 Å². The third kappa shape index (κ3) is 2.13. The first-order valence-corrected chi connectivity index (χ1v) is 4.44. The molecule has 0 N–H and O–H groups in total. The van der Waals surface area contributed by atoms with E-state index in [1.165, 1.54) is 13.2 Å². The maximum atomic E-state index is 10.0. The molecule has 0 saturated carbocycles. The molecular formula is C10H10ClNO2. The molecule has 0 heterocycles. The van der Waals surface area contributed by atoms with Crippen molar-refractivity contribution >= 4 is 17.7 Å². The van der Waals surface area contributed by atoms with E-state index < -0.39 is 0 Å². The number of methoxy groups -OCH3 is 1. The fourth-order valence-corrected chi connectivity index (χ4v) is 1.48. The minimum atomic E-state index is 0.249. The third-order valence-electron chi connectivity index (χ3n) is 1.95. The van der Waals surface area contributed by atoms with Gasteiger partial charge in [0.25, 0.3) is 0 Å². The number of benzene rings is 1. The Bertz CT molecular complexity index is 384. The molecular weight excluding hydrogens is 202 g/mol. The van der Waals surface area contributed by atoms with E-state index in [9.17, 15) is 4.79 Å². The summed E-state index contributed by atoms with van der Waals surface area (Å²) in [4.78, 5) is 13.5. The number of aliphatic imine (C=N–C) groups is 1. The summed E-state index contributed by atoms with van der Waals surface area (Å²) < 4.78 is 5.13. The lowest BCUT2D eigenvalue weighted by atomic mass is 10.1. The topological polar surface area (TPSA) is 38.7 Å². The highest BCUT2D eigenvalue weighted by Crippen LogP contribution is 2.31. The molecule has 0 aliphatic carbocycles. The molecule has 0 aliphatic rings. The standard InChI is InChI=1S/C10H10ClNO2/c1-7-3-4-9(11)10(14-2)8(7)5-12-6-13/h3-4H,5H2,1-2H3. The summed E-state index contributed by atoms with van der Waals surface area (Å²) in [5.74, 6) is 0.575. The van der Waals surface area contributed by atoms with Gasteiger partial charge in [0.15, 0.2) is 0 Å². The molecule has 0 atom stereocenters. The zero-order chi connectivity index (χ0) is 10.6. The molecule has 1 aromatic rings. The van der Waals surface area contributed by atoms with Gasteiger partial charge < -0.3 is 4.74 Å². The number of rotatable bonds is 3. The summed E-state index contributed by atoms with van der Waals surface area (Å²) in [6.07, 6.45) is 1.49. The van der Waals surface area contributed by atoms with Crippen molar-refractivity contribution in [2.75, 3.05) is 7.11 Å². The average Bonchev–Trinajstić information content (AvgIpc) is 2.19. The molecule has 3 nitrogen and oxygen atoms in total. The van der Waals surface area contributed by atoms with E-state index in [4.69, 9.17) is 16.3 Å². The maximum absolute atomic E-state index is 10.0. The average molecular weight is 212 g/mol. The van der Waals surface area contributed by atoms with Crippen molar-refractivity contribution in [2.45, 2.75) is 13.5 Å². The summed E-state index contributed by atoms with van der Waals surface area (Å²) in [5, 5.41) is 0.522. The number of halogens is 1. The molecule has 14 heavy (non-hydrogen) atoms. The quantitative estimate of drug-likeness (QED) is 0.569. The van der Waals surface area contributed by atoms with Gasteiger partial charge in [0.2, 0.25) is 6.08 Å². The van der Waals surface area contributed by atoms with E-state index in [1.54, 1.807) is 6.07 Å². The Labute approximate surface area is 87.4 Å². The van der Waals surface area contributed by atoms with Crippen LogP contribution >= 0.6 is 11.6 Å². The minimum Gasteiger partial charge on any atom is -0.495 e. The first-order chi connectivity index (χ1) is 6.70. The van der Waals surface area contributed by atoms with Gasteiger partial charge >= 0.3 is 0 Å². The fraction of sp³-hybridized carbons (Fsp3) is 0.300.